The van der Waals surface area contributed by atoms with Gasteiger partial charge in [-0.15, -0.1) is 11.3 Å². The first-order chi connectivity index (χ1) is 9.70. The van der Waals surface area contributed by atoms with Crippen LogP contribution in [0.1, 0.15) is 39.5 Å². The number of carbonyl (C=O) groups is 1. The van der Waals surface area contributed by atoms with Gasteiger partial charge in [-0.25, -0.2) is 4.98 Å². The Morgan fingerprint density at radius 2 is 2.50 bits per heavy atom. The molecule has 0 bridgehead atoms. The highest BCUT2D eigenvalue weighted by Crippen LogP contribution is 2.39. The number of hydrogen-bond acceptors (Lipinski definition) is 6. The molecule has 4 nitrogen and oxygen atoms in total. The molecule has 1 heterocycles. The van der Waals surface area contributed by atoms with Gasteiger partial charge in [0.2, 0.25) is 0 Å². The van der Waals surface area contributed by atoms with Gasteiger partial charge in [0.25, 0.3) is 0 Å². The molecule has 0 aromatic carbocycles. The van der Waals surface area contributed by atoms with Crippen molar-refractivity contribution in [3.05, 3.63) is 11.6 Å². The molecule has 1 fully saturated rings. The standard InChI is InChI=1S/C14H22N2O2S2/c1-3-16-14(12(17)18-4-2)7-5-6-11(10-14)20-13-15-8-9-19-13/h8-9,11,16H,3-7,10H2,1-2H3. The Bertz CT molecular complexity index is 421. The van der Waals surface area contributed by atoms with Crippen LogP contribution in [0, 0.1) is 0 Å². The monoisotopic (exact) mass is 314 g/mol. The van der Waals surface area contributed by atoms with E-state index in [4.69, 9.17) is 4.74 Å². The van der Waals surface area contributed by atoms with Crippen molar-refractivity contribution < 1.29 is 9.53 Å². The van der Waals surface area contributed by atoms with Crippen LogP contribution in [-0.2, 0) is 9.53 Å². The van der Waals surface area contributed by atoms with Crippen LogP contribution in [-0.4, -0.2) is 34.9 Å². The maximum absolute atomic E-state index is 12.4. The first-order valence-corrected chi connectivity index (χ1v) is 8.94. The molecule has 1 aromatic heterocycles. The minimum absolute atomic E-state index is 0.0914. The van der Waals surface area contributed by atoms with E-state index in [1.54, 1.807) is 23.1 Å². The van der Waals surface area contributed by atoms with Gasteiger partial charge in [0.15, 0.2) is 0 Å². The van der Waals surface area contributed by atoms with Crippen molar-refractivity contribution in [3.63, 3.8) is 0 Å². The third-order valence-corrected chi connectivity index (χ3v) is 5.75. The number of thiazole rings is 1. The number of likely N-dealkylation sites (N-methyl/N-ethyl adjacent to an activating group) is 1. The molecule has 0 amide bonds. The summed E-state index contributed by atoms with van der Waals surface area (Å²) in [6.07, 6.45) is 5.71. The molecular formula is C14H22N2O2S2. The van der Waals surface area contributed by atoms with Gasteiger partial charge in [-0.1, -0.05) is 18.7 Å². The molecule has 6 heteroatoms. The van der Waals surface area contributed by atoms with Crippen LogP contribution in [0.15, 0.2) is 15.9 Å². The van der Waals surface area contributed by atoms with Crippen molar-refractivity contribution in [2.75, 3.05) is 13.2 Å². The maximum Gasteiger partial charge on any atom is 0.326 e. The minimum Gasteiger partial charge on any atom is -0.465 e. The second-order valence-corrected chi connectivity index (χ2v) is 7.41. The fourth-order valence-corrected chi connectivity index (χ4v) is 4.98. The molecule has 0 saturated heterocycles. The number of aromatic nitrogens is 1. The molecule has 0 radical (unpaired) electrons. The average molecular weight is 314 g/mol. The molecule has 0 spiro atoms. The predicted molar refractivity (Wildman–Crippen MR) is 83.3 cm³/mol. The van der Waals surface area contributed by atoms with Gasteiger partial charge < -0.3 is 10.1 Å². The normalized spacial score (nSPS) is 26.4. The summed E-state index contributed by atoms with van der Waals surface area (Å²) in [4.78, 5) is 16.7. The van der Waals surface area contributed by atoms with Gasteiger partial charge in [0, 0.05) is 16.8 Å². The van der Waals surface area contributed by atoms with Crippen molar-refractivity contribution in [3.8, 4) is 0 Å². The first kappa shape index (κ1) is 15.8. The number of nitrogens with one attached hydrogen (secondary N) is 1. The average Bonchev–Trinajstić information content (AvgIpc) is 2.92. The Hall–Kier alpha value is -0.590. The Kier molecular flexibility index (Phi) is 5.86. The molecule has 1 N–H and O–H groups in total. The van der Waals surface area contributed by atoms with Gasteiger partial charge in [0.05, 0.1) is 6.61 Å². The quantitative estimate of drug-likeness (QED) is 0.818. The lowest BCUT2D eigenvalue weighted by Crippen LogP contribution is -2.56. The third-order valence-electron chi connectivity index (χ3n) is 3.56. The number of nitrogens with zero attached hydrogens (tertiary/aromatic N) is 1. The summed E-state index contributed by atoms with van der Waals surface area (Å²) in [5.74, 6) is -0.0914. The minimum atomic E-state index is -0.502. The summed E-state index contributed by atoms with van der Waals surface area (Å²) >= 11 is 3.46. The number of carbonyl (C=O) groups excluding carboxylic acids is 1. The second-order valence-electron chi connectivity index (χ2n) is 4.97. The largest absolute Gasteiger partial charge is 0.465 e. The van der Waals surface area contributed by atoms with Crippen LogP contribution in [0.25, 0.3) is 0 Å². The van der Waals surface area contributed by atoms with E-state index >= 15 is 0 Å². The molecule has 1 aliphatic carbocycles. The summed E-state index contributed by atoms with van der Waals surface area (Å²) in [6, 6.07) is 0. The number of thioether (sulfide) groups is 1. The Morgan fingerprint density at radius 3 is 3.15 bits per heavy atom. The number of ether oxygens (including phenoxy) is 1. The first-order valence-electron chi connectivity index (χ1n) is 7.18. The van der Waals surface area contributed by atoms with E-state index in [2.05, 4.69) is 10.3 Å². The highest BCUT2D eigenvalue weighted by Gasteiger charge is 2.43. The molecule has 20 heavy (non-hydrogen) atoms. The van der Waals surface area contributed by atoms with Gasteiger partial charge in [0.1, 0.15) is 9.88 Å². The maximum atomic E-state index is 12.4. The van der Waals surface area contributed by atoms with E-state index in [0.717, 1.165) is 36.6 Å². The fraction of sp³-hybridized carbons (Fsp3) is 0.714. The summed E-state index contributed by atoms with van der Waals surface area (Å²) in [5, 5.41) is 5.81. The summed E-state index contributed by atoms with van der Waals surface area (Å²) in [6.45, 7) is 5.13. The van der Waals surface area contributed by atoms with Gasteiger partial charge in [-0.2, -0.15) is 0 Å². The molecule has 0 aliphatic heterocycles. The summed E-state index contributed by atoms with van der Waals surface area (Å²) in [7, 11) is 0. The van der Waals surface area contributed by atoms with E-state index in [1.165, 1.54) is 0 Å². The third kappa shape index (κ3) is 3.74. The highest BCUT2D eigenvalue weighted by molar-refractivity contribution is 8.01. The number of rotatable bonds is 6. The number of esters is 1. The van der Waals surface area contributed by atoms with Crippen LogP contribution in [0.5, 0.6) is 0 Å². The Balaban J connectivity index is 2.06. The predicted octanol–water partition coefficient (Wildman–Crippen LogP) is 3.09. The topological polar surface area (TPSA) is 51.2 Å². The molecule has 2 atom stereocenters. The fourth-order valence-electron chi connectivity index (χ4n) is 2.76. The SMILES string of the molecule is CCNC1(C(=O)OCC)CCCC(Sc2nccs2)C1. The zero-order valence-electron chi connectivity index (χ0n) is 12.1. The van der Waals surface area contributed by atoms with Crippen LogP contribution < -0.4 is 5.32 Å². The lowest BCUT2D eigenvalue weighted by atomic mass is 9.81. The molecule has 2 unspecified atom stereocenters. The van der Waals surface area contributed by atoms with Crippen LogP contribution in [0.2, 0.25) is 0 Å². The smallest absolute Gasteiger partial charge is 0.326 e. The van der Waals surface area contributed by atoms with Gasteiger partial charge in [-0.3, -0.25) is 4.79 Å². The zero-order valence-corrected chi connectivity index (χ0v) is 13.7. The van der Waals surface area contributed by atoms with E-state index in [1.807, 2.05) is 25.4 Å². The Morgan fingerprint density at radius 1 is 1.65 bits per heavy atom. The second kappa shape index (κ2) is 7.43. The van der Waals surface area contributed by atoms with E-state index in [-0.39, 0.29) is 5.97 Å². The van der Waals surface area contributed by atoms with Gasteiger partial charge >= 0.3 is 5.97 Å². The molecule has 1 aromatic rings. The van der Waals surface area contributed by atoms with Crippen LogP contribution >= 0.6 is 23.1 Å². The zero-order chi connectivity index (χ0) is 14.4. The van der Waals surface area contributed by atoms with Crippen molar-refractivity contribution in [2.45, 2.75) is 54.7 Å². The molecule has 1 aliphatic rings. The summed E-state index contributed by atoms with van der Waals surface area (Å²) in [5.41, 5.74) is -0.502. The molecular weight excluding hydrogens is 292 g/mol. The molecule has 1 saturated carbocycles. The Labute approximate surface area is 128 Å². The van der Waals surface area contributed by atoms with E-state index in [0.29, 0.717) is 11.9 Å². The van der Waals surface area contributed by atoms with Crippen LogP contribution in [0.4, 0.5) is 0 Å². The van der Waals surface area contributed by atoms with Crippen molar-refractivity contribution in [1.29, 1.82) is 0 Å². The lowest BCUT2D eigenvalue weighted by Gasteiger charge is -2.38. The van der Waals surface area contributed by atoms with Gasteiger partial charge in [-0.05, 0) is 39.2 Å². The van der Waals surface area contributed by atoms with Crippen molar-refractivity contribution in [2.24, 2.45) is 0 Å². The summed E-state index contributed by atoms with van der Waals surface area (Å²) < 4.78 is 6.39. The van der Waals surface area contributed by atoms with Crippen molar-refractivity contribution >= 4 is 29.1 Å². The highest BCUT2D eigenvalue weighted by atomic mass is 32.2. The lowest BCUT2D eigenvalue weighted by molar-refractivity contribution is -0.152. The van der Waals surface area contributed by atoms with E-state index in [9.17, 15) is 4.79 Å². The van der Waals surface area contributed by atoms with Crippen LogP contribution in [0.3, 0.4) is 0 Å². The molecule has 2 rings (SSSR count). The van der Waals surface area contributed by atoms with E-state index < -0.39 is 5.54 Å². The number of hydrogen-bond donors (Lipinski definition) is 1. The van der Waals surface area contributed by atoms with Crippen molar-refractivity contribution in [1.82, 2.24) is 10.3 Å². The molecule has 112 valence electrons.